The molecular formula is C26H28BrCl3MgO2. The molecule has 0 aromatic heterocycles. The summed E-state index contributed by atoms with van der Waals surface area (Å²) < 4.78 is 4.94. The van der Waals surface area contributed by atoms with Crippen molar-refractivity contribution in [2.24, 2.45) is 0 Å². The molecule has 0 unspecified atom stereocenters. The fraction of sp³-hybridized carbons (Fsp3) is 0.308. The van der Waals surface area contributed by atoms with Crippen LogP contribution in [0.25, 0.3) is 0 Å². The van der Waals surface area contributed by atoms with Crippen LogP contribution in [0.5, 0.6) is 0 Å². The predicted molar refractivity (Wildman–Crippen MR) is 137 cm³/mol. The Balaban J connectivity index is 0.000000565. The van der Waals surface area contributed by atoms with Gasteiger partial charge in [0.2, 0.25) is 0 Å². The number of hydrogen-bond donors (Lipinski definition) is 1. The molecule has 1 heterocycles. The van der Waals surface area contributed by atoms with E-state index in [2.05, 4.69) is 6.07 Å². The Morgan fingerprint density at radius 1 is 0.788 bits per heavy atom. The second-order valence-electron chi connectivity index (χ2n) is 7.41. The first-order valence-electron chi connectivity index (χ1n) is 10.2. The maximum Gasteiger partial charge on any atom is 2.00 e. The Morgan fingerprint density at radius 3 is 1.55 bits per heavy atom. The maximum atomic E-state index is 10.4. The van der Waals surface area contributed by atoms with Gasteiger partial charge in [-0.05, 0) is 73.2 Å². The smallest absolute Gasteiger partial charge is 1.00 e. The molecule has 0 saturated carbocycles. The summed E-state index contributed by atoms with van der Waals surface area (Å²) in [5.41, 5.74) is 4.76. The van der Waals surface area contributed by atoms with Gasteiger partial charge in [-0.1, -0.05) is 47.3 Å². The van der Waals surface area contributed by atoms with Crippen molar-refractivity contribution < 1.29 is 26.8 Å². The second kappa shape index (κ2) is 17.2. The van der Waals surface area contributed by atoms with Crippen LogP contribution in [0, 0.1) is 26.8 Å². The quantitative estimate of drug-likeness (QED) is 0.355. The van der Waals surface area contributed by atoms with Gasteiger partial charge in [0.1, 0.15) is 6.10 Å². The first-order valence-corrected chi connectivity index (χ1v) is 11.3. The molecule has 0 radical (unpaired) electrons. The molecule has 174 valence electrons. The van der Waals surface area contributed by atoms with Crippen molar-refractivity contribution in [2.75, 3.05) is 13.2 Å². The van der Waals surface area contributed by atoms with Gasteiger partial charge in [-0.15, -0.1) is 17.7 Å². The molecule has 4 rings (SSSR count). The normalized spacial score (nSPS) is 11.9. The van der Waals surface area contributed by atoms with Gasteiger partial charge in [0.25, 0.3) is 0 Å². The topological polar surface area (TPSA) is 29.5 Å². The number of halogens is 4. The molecule has 0 atom stereocenters. The number of rotatable bonds is 2. The van der Waals surface area contributed by atoms with Gasteiger partial charge in [0.05, 0.1) is 0 Å². The molecular weight excluding hydrogens is 555 g/mol. The van der Waals surface area contributed by atoms with Crippen molar-refractivity contribution in [3.63, 3.8) is 0 Å². The van der Waals surface area contributed by atoms with E-state index < -0.39 is 6.10 Å². The predicted octanol–water partition coefficient (Wildman–Crippen LogP) is 4.56. The van der Waals surface area contributed by atoms with Gasteiger partial charge < -0.3 is 26.8 Å². The Labute approximate surface area is 239 Å². The van der Waals surface area contributed by atoms with E-state index in [1.165, 1.54) is 12.8 Å². The number of ether oxygens (including phenoxy) is 1. The summed E-state index contributed by atoms with van der Waals surface area (Å²) in [4.78, 5) is 0. The van der Waals surface area contributed by atoms with Crippen molar-refractivity contribution in [1.29, 1.82) is 0 Å². The minimum absolute atomic E-state index is 0. The first-order chi connectivity index (χ1) is 14.8. The average molecular weight is 583 g/mol. The minimum atomic E-state index is -0.653. The van der Waals surface area contributed by atoms with Crippen molar-refractivity contribution >= 4 is 57.9 Å². The van der Waals surface area contributed by atoms with Crippen LogP contribution in [0.15, 0.2) is 54.6 Å². The van der Waals surface area contributed by atoms with Gasteiger partial charge in [0.15, 0.2) is 0 Å². The molecule has 0 amide bonds. The van der Waals surface area contributed by atoms with E-state index in [1.807, 2.05) is 63.2 Å². The third-order valence-electron chi connectivity index (χ3n) is 4.79. The van der Waals surface area contributed by atoms with Crippen LogP contribution in [-0.4, -0.2) is 41.4 Å². The summed E-state index contributed by atoms with van der Waals surface area (Å²) in [6, 6.07) is 19.5. The van der Waals surface area contributed by atoms with Gasteiger partial charge in [-0.25, -0.2) is 0 Å². The van der Waals surface area contributed by atoms with Gasteiger partial charge in [-0.3, -0.25) is 0 Å². The molecule has 0 aliphatic carbocycles. The fourth-order valence-corrected chi connectivity index (χ4v) is 3.80. The molecule has 1 saturated heterocycles. The zero-order valence-electron chi connectivity index (χ0n) is 19.2. The zero-order chi connectivity index (χ0) is 22.8. The van der Waals surface area contributed by atoms with E-state index in [4.69, 9.17) is 39.5 Å². The average Bonchev–Trinajstić information content (AvgIpc) is 3.28. The number of benzene rings is 3. The van der Waals surface area contributed by atoms with Crippen LogP contribution < -0.4 is 17.0 Å². The van der Waals surface area contributed by atoms with Crippen molar-refractivity contribution in [1.82, 2.24) is 0 Å². The summed E-state index contributed by atoms with van der Waals surface area (Å²) in [7, 11) is 0. The second-order valence-corrected chi connectivity index (χ2v) is 8.72. The Kier molecular flexibility index (Phi) is 17.0. The molecule has 1 aliphatic heterocycles. The first kappa shape index (κ1) is 32.7. The van der Waals surface area contributed by atoms with Crippen LogP contribution in [0.2, 0.25) is 15.1 Å². The molecule has 0 bridgehead atoms. The van der Waals surface area contributed by atoms with Crippen LogP contribution in [-0.2, 0) is 4.74 Å². The Hall–Kier alpha value is -0.304. The van der Waals surface area contributed by atoms with Crippen LogP contribution in [0.3, 0.4) is 0 Å². The largest absolute Gasteiger partial charge is 2.00 e. The summed E-state index contributed by atoms with van der Waals surface area (Å²) >= 11 is 17.5. The third-order valence-corrected chi connectivity index (χ3v) is 5.49. The zero-order valence-corrected chi connectivity index (χ0v) is 24.4. The molecule has 0 spiro atoms. The Bertz CT molecular complexity index is 905. The summed E-state index contributed by atoms with van der Waals surface area (Å²) in [5, 5.41) is 12.6. The number of hydrogen-bond acceptors (Lipinski definition) is 2. The standard InChI is InChI=1S/C15H14Cl2O.C7H6Cl.C4H8O.BrH.Mg/c1-9-7-11(16)3-5-13(9)15(18)14-6-4-12(17)8-10(14)2;1-6-3-2-4-7(8)5-6;1-2-4-5-3-1;;/h3-8,15,18H,1-2H3;2,4-5H,1H3;1-4H2;1H;/q;-1;;;+2/p-1. The fourth-order valence-electron chi connectivity index (χ4n) is 3.12. The molecule has 1 aliphatic rings. The number of aryl methyl sites for hydroxylation is 3. The van der Waals surface area contributed by atoms with Crippen LogP contribution in [0.4, 0.5) is 0 Å². The summed E-state index contributed by atoms with van der Waals surface area (Å²) in [6.07, 6.45) is 1.90. The van der Waals surface area contributed by atoms with Gasteiger partial charge in [0, 0.05) is 23.3 Å². The SMILES string of the molecule is C1CCOC1.Cc1[c-]ccc(Cl)c1.Cc1cc(Cl)ccc1C(O)c1ccc(Cl)cc1C.[Br-].[Mg+2]. The molecule has 2 nitrogen and oxygen atoms in total. The third kappa shape index (κ3) is 11.8. The minimum Gasteiger partial charge on any atom is -1.00 e. The van der Waals surface area contributed by atoms with Crippen LogP contribution in [0.1, 0.15) is 46.8 Å². The maximum absolute atomic E-state index is 10.4. The van der Waals surface area contributed by atoms with E-state index in [0.29, 0.717) is 10.0 Å². The van der Waals surface area contributed by atoms with E-state index in [0.717, 1.165) is 46.1 Å². The van der Waals surface area contributed by atoms with E-state index in [9.17, 15) is 5.11 Å². The monoisotopic (exact) mass is 580 g/mol. The Morgan fingerprint density at radius 2 is 1.24 bits per heavy atom. The van der Waals surface area contributed by atoms with E-state index in [-0.39, 0.29) is 40.0 Å². The van der Waals surface area contributed by atoms with Crippen LogP contribution >= 0.6 is 34.8 Å². The molecule has 33 heavy (non-hydrogen) atoms. The van der Waals surface area contributed by atoms with Crippen molar-refractivity contribution in [3.8, 4) is 0 Å². The van der Waals surface area contributed by atoms with Crippen molar-refractivity contribution in [3.05, 3.63) is 104 Å². The summed E-state index contributed by atoms with van der Waals surface area (Å²) in [5.74, 6) is 0. The molecule has 1 N–H and O–H groups in total. The number of aliphatic hydroxyl groups excluding tert-OH is 1. The molecule has 1 fully saturated rings. The number of aliphatic hydroxyl groups is 1. The molecule has 3 aromatic rings. The van der Waals surface area contributed by atoms with E-state index >= 15 is 0 Å². The van der Waals surface area contributed by atoms with Gasteiger partial charge >= 0.3 is 23.1 Å². The van der Waals surface area contributed by atoms with Gasteiger partial charge in [-0.2, -0.15) is 23.8 Å². The van der Waals surface area contributed by atoms with E-state index in [1.54, 1.807) is 12.1 Å². The molecule has 3 aromatic carbocycles. The summed E-state index contributed by atoms with van der Waals surface area (Å²) in [6.45, 7) is 7.84. The molecule has 7 heteroatoms. The van der Waals surface area contributed by atoms with Crippen molar-refractivity contribution in [2.45, 2.75) is 39.7 Å².